The van der Waals surface area contributed by atoms with Crippen LogP contribution in [0.15, 0.2) is 54.7 Å². The van der Waals surface area contributed by atoms with Gasteiger partial charge in [-0.05, 0) is 42.8 Å². The van der Waals surface area contributed by atoms with Gasteiger partial charge in [-0.2, -0.15) is 31.4 Å². The molecule has 0 saturated carbocycles. The maximum absolute atomic E-state index is 13.7. The monoisotopic (exact) mass is 457 g/mol. The summed E-state index contributed by atoms with van der Waals surface area (Å²) in [5.41, 5.74) is -2.96. The number of amides is 1. The maximum atomic E-state index is 13.7. The lowest BCUT2D eigenvalue weighted by molar-refractivity contribution is -0.143. The van der Waals surface area contributed by atoms with Gasteiger partial charge in [0.25, 0.3) is 5.91 Å². The van der Waals surface area contributed by atoms with Gasteiger partial charge in [0.1, 0.15) is 12.4 Å². The summed E-state index contributed by atoms with van der Waals surface area (Å²) in [5.74, 6) is -0.545. The van der Waals surface area contributed by atoms with Crippen molar-refractivity contribution >= 4 is 5.91 Å². The number of aryl methyl sites for hydroxylation is 1. The molecule has 5 nitrogen and oxygen atoms in total. The summed E-state index contributed by atoms with van der Waals surface area (Å²) in [6.07, 6.45) is -9.13. The number of halogens is 6. The summed E-state index contributed by atoms with van der Waals surface area (Å²) in [5, 5.41) is 5.82. The van der Waals surface area contributed by atoms with E-state index < -0.39 is 40.8 Å². The van der Waals surface area contributed by atoms with Crippen molar-refractivity contribution in [3.63, 3.8) is 0 Å². The number of carbonyl (C=O) groups excluding carboxylic acids is 1. The number of aromatic nitrogens is 2. The molecule has 0 unspecified atom stereocenters. The quantitative estimate of drug-likeness (QED) is 0.418. The smallest absolute Gasteiger partial charge is 0.434 e. The van der Waals surface area contributed by atoms with E-state index >= 15 is 0 Å². The van der Waals surface area contributed by atoms with Gasteiger partial charge in [-0.25, -0.2) is 4.68 Å². The largest absolute Gasteiger partial charge is 0.492 e. The number of hydrogen-bond acceptors (Lipinski definition) is 3. The van der Waals surface area contributed by atoms with Crippen molar-refractivity contribution in [3.05, 3.63) is 77.1 Å². The first kappa shape index (κ1) is 23.2. The normalized spacial score (nSPS) is 12.0. The zero-order valence-corrected chi connectivity index (χ0v) is 16.6. The fraction of sp³-hybridized carbons (Fsp3) is 0.238. The molecule has 0 atom stereocenters. The number of nitrogens with one attached hydrogen (secondary N) is 1. The number of benzene rings is 2. The SMILES string of the molecule is Cc1cccc(OCCNC(=O)c2cnn(-c3cccc(C(F)(F)F)c3)c2C(F)(F)F)c1. The number of alkyl halides is 6. The zero-order chi connectivity index (χ0) is 23.5. The third kappa shape index (κ3) is 5.40. The molecule has 0 radical (unpaired) electrons. The van der Waals surface area contributed by atoms with Crippen molar-refractivity contribution in [2.24, 2.45) is 0 Å². The van der Waals surface area contributed by atoms with Gasteiger partial charge < -0.3 is 10.1 Å². The number of ether oxygens (including phenoxy) is 1. The second kappa shape index (κ2) is 8.93. The van der Waals surface area contributed by atoms with E-state index in [0.29, 0.717) is 18.0 Å². The molecule has 1 N–H and O–H groups in total. The molecule has 1 amide bonds. The number of nitrogens with zero attached hydrogens (tertiary/aromatic N) is 2. The standard InChI is InChI=1S/C21H17F6N3O2/c1-13-4-2-7-16(10-13)32-9-8-28-19(31)17-12-29-30(18(17)21(25,26)27)15-6-3-5-14(11-15)20(22,23)24/h2-7,10-12H,8-9H2,1H3,(H,28,31). The van der Waals surface area contributed by atoms with Crippen LogP contribution in [0.2, 0.25) is 0 Å². The molecule has 170 valence electrons. The van der Waals surface area contributed by atoms with Crippen molar-refractivity contribution in [1.29, 1.82) is 0 Å². The first-order valence-electron chi connectivity index (χ1n) is 9.27. The number of carbonyl (C=O) groups is 1. The van der Waals surface area contributed by atoms with Crippen molar-refractivity contribution in [3.8, 4) is 11.4 Å². The first-order chi connectivity index (χ1) is 15.0. The average molecular weight is 457 g/mol. The Bertz CT molecular complexity index is 1110. The molecule has 0 spiro atoms. The van der Waals surface area contributed by atoms with Gasteiger partial charge in [0.2, 0.25) is 0 Å². The molecule has 3 aromatic rings. The van der Waals surface area contributed by atoms with Crippen LogP contribution in [-0.4, -0.2) is 28.8 Å². The predicted octanol–water partition coefficient (Wildman–Crippen LogP) is 5.03. The molecule has 0 saturated heterocycles. The number of hydrogen-bond donors (Lipinski definition) is 1. The van der Waals surface area contributed by atoms with Crippen molar-refractivity contribution in [2.45, 2.75) is 19.3 Å². The summed E-state index contributed by atoms with van der Waals surface area (Å²) >= 11 is 0. The Morgan fingerprint density at radius 3 is 2.41 bits per heavy atom. The van der Waals surface area contributed by atoms with Gasteiger partial charge in [-0.15, -0.1) is 0 Å². The highest BCUT2D eigenvalue weighted by Gasteiger charge is 2.41. The molecule has 3 rings (SSSR count). The Kier molecular flexibility index (Phi) is 6.47. The predicted molar refractivity (Wildman–Crippen MR) is 103 cm³/mol. The van der Waals surface area contributed by atoms with E-state index in [4.69, 9.17) is 4.74 Å². The van der Waals surface area contributed by atoms with Crippen LogP contribution in [0.1, 0.15) is 27.2 Å². The summed E-state index contributed by atoms with van der Waals surface area (Å²) in [6, 6.07) is 10.3. The molecule has 0 aliphatic heterocycles. The molecule has 11 heteroatoms. The van der Waals surface area contributed by atoms with Gasteiger partial charge in [0, 0.05) is 0 Å². The molecule has 0 aliphatic rings. The third-order valence-electron chi connectivity index (χ3n) is 4.35. The Morgan fingerprint density at radius 1 is 1.03 bits per heavy atom. The van der Waals surface area contributed by atoms with Crippen LogP contribution in [0, 0.1) is 6.92 Å². The Morgan fingerprint density at radius 2 is 1.75 bits per heavy atom. The third-order valence-corrected chi connectivity index (χ3v) is 4.35. The Balaban J connectivity index is 1.79. The van der Waals surface area contributed by atoms with Gasteiger partial charge in [-0.1, -0.05) is 18.2 Å². The van der Waals surface area contributed by atoms with E-state index in [0.717, 1.165) is 23.8 Å². The van der Waals surface area contributed by atoms with Crippen LogP contribution in [0.5, 0.6) is 5.75 Å². The van der Waals surface area contributed by atoms with Crippen molar-refractivity contribution < 1.29 is 35.9 Å². The molecule has 0 bridgehead atoms. The minimum atomic E-state index is -5.05. The van der Waals surface area contributed by atoms with Crippen LogP contribution >= 0.6 is 0 Å². The second-order valence-corrected chi connectivity index (χ2v) is 6.79. The van der Waals surface area contributed by atoms with Gasteiger partial charge in [0.15, 0.2) is 5.69 Å². The van der Waals surface area contributed by atoms with Crippen molar-refractivity contribution in [1.82, 2.24) is 15.1 Å². The van der Waals surface area contributed by atoms with Crippen LogP contribution in [-0.2, 0) is 12.4 Å². The van der Waals surface area contributed by atoms with Crippen LogP contribution in [0.3, 0.4) is 0 Å². The second-order valence-electron chi connectivity index (χ2n) is 6.79. The zero-order valence-electron chi connectivity index (χ0n) is 16.6. The fourth-order valence-electron chi connectivity index (χ4n) is 2.93. The fourth-order valence-corrected chi connectivity index (χ4v) is 2.93. The topological polar surface area (TPSA) is 56.1 Å². The first-order valence-corrected chi connectivity index (χ1v) is 9.27. The maximum Gasteiger partial charge on any atom is 0.434 e. The van der Waals surface area contributed by atoms with Gasteiger partial charge >= 0.3 is 12.4 Å². The summed E-state index contributed by atoms with van der Waals surface area (Å²) < 4.78 is 85.6. The molecule has 1 aromatic heterocycles. The average Bonchev–Trinajstić information content (AvgIpc) is 3.17. The van der Waals surface area contributed by atoms with Gasteiger partial charge in [-0.3, -0.25) is 4.79 Å². The van der Waals surface area contributed by atoms with E-state index in [9.17, 15) is 31.1 Å². The molecular weight excluding hydrogens is 440 g/mol. The van der Waals surface area contributed by atoms with E-state index in [-0.39, 0.29) is 17.8 Å². The van der Waals surface area contributed by atoms with Crippen LogP contribution in [0.25, 0.3) is 5.69 Å². The molecular formula is C21H17F6N3O2. The summed E-state index contributed by atoms with van der Waals surface area (Å²) in [7, 11) is 0. The van der Waals surface area contributed by atoms with Crippen LogP contribution < -0.4 is 10.1 Å². The highest BCUT2D eigenvalue weighted by molar-refractivity contribution is 5.95. The summed E-state index contributed by atoms with van der Waals surface area (Å²) in [4.78, 5) is 12.3. The molecule has 1 heterocycles. The lowest BCUT2D eigenvalue weighted by Crippen LogP contribution is -2.30. The molecule has 0 aliphatic carbocycles. The highest BCUT2D eigenvalue weighted by atomic mass is 19.4. The lowest BCUT2D eigenvalue weighted by atomic mass is 10.1. The lowest BCUT2D eigenvalue weighted by Gasteiger charge is -2.14. The Hall–Kier alpha value is -3.50. The van der Waals surface area contributed by atoms with E-state index in [1.807, 2.05) is 13.0 Å². The Labute approximate surface area is 178 Å². The van der Waals surface area contributed by atoms with Crippen LogP contribution in [0.4, 0.5) is 26.3 Å². The highest BCUT2D eigenvalue weighted by Crippen LogP contribution is 2.35. The van der Waals surface area contributed by atoms with E-state index in [1.165, 1.54) is 0 Å². The van der Waals surface area contributed by atoms with E-state index in [2.05, 4.69) is 10.4 Å². The minimum Gasteiger partial charge on any atom is -0.492 e. The molecule has 0 fully saturated rings. The van der Waals surface area contributed by atoms with Crippen molar-refractivity contribution in [2.75, 3.05) is 13.2 Å². The molecule has 2 aromatic carbocycles. The van der Waals surface area contributed by atoms with Gasteiger partial charge in [0.05, 0.1) is 29.6 Å². The minimum absolute atomic E-state index is 0.00168. The molecule has 32 heavy (non-hydrogen) atoms. The van der Waals surface area contributed by atoms with E-state index in [1.54, 1.807) is 18.2 Å². The number of rotatable bonds is 6. The summed E-state index contributed by atoms with van der Waals surface area (Å²) in [6.45, 7) is 1.76.